The molecule has 0 unspecified atom stereocenters. The summed E-state index contributed by atoms with van der Waals surface area (Å²) in [7, 11) is -2.17. The zero-order valence-electron chi connectivity index (χ0n) is 19.0. The molecule has 2 N–H and O–H groups in total. The molecule has 9 nitrogen and oxygen atoms in total. The van der Waals surface area contributed by atoms with E-state index in [2.05, 4.69) is 9.82 Å². The third-order valence-electron chi connectivity index (χ3n) is 4.82. The van der Waals surface area contributed by atoms with Gasteiger partial charge in [0, 0.05) is 48.4 Å². The SMILES string of the molecule is Cc1nn(C)c(-n2ccc3cc(Cl)ccc32)c1/C=C/C(=O)NS(=O)(=O)NCCCOC(C)C. The molecule has 3 aromatic rings. The topological polar surface area (TPSA) is 107 Å². The number of ether oxygens (including phenoxy) is 1. The number of nitrogens with one attached hydrogen (secondary N) is 2. The minimum absolute atomic E-state index is 0.0783. The summed E-state index contributed by atoms with van der Waals surface area (Å²) >= 11 is 6.09. The quantitative estimate of drug-likeness (QED) is 0.333. The molecule has 33 heavy (non-hydrogen) atoms. The number of nitrogens with zero attached hydrogens (tertiary/aromatic N) is 3. The van der Waals surface area contributed by atoms with Gasteiger partial charge in [0.1, 0.15) is 5.82 Å². The van der Waals surface area contributed by atoms with Gasteiger partial charge in [0.15, 0.2) is 0 Å². The van der Waals surface area contributed by atoms with E-state index in [-0.39, 0.29) is 12.6 Å². The van der Waals surface area contributed by atoms with Gasteiger partial charge in [0.2, 0.25) is 0 Å². The van der Waals surface area contributed by atoms with Gasteiger partial charge in [0.25, 0.3) is 5.91 Å². The van der Waals surface area contributed by atoms with Gasteiger partial charge < -0.3 is 9.30 Å². The van der Waals surface area contributed by atoms with Crippen molar-refractivity contribution in [3.8, 4) is 5.82 Å². The highest BCUT2D eigenvalue weighted by molar-refractivity contribution is 7.88. The fourth-order valence-electron chi connectivity index (χ4n) is 3.40. The van der Waals surface area contributed by atoms with E-state index < -0.39 is 16.1 Å². The Kier molecular flexibility index (Phi) is 7.96. The predicted octanol–water partition coefficient (Wildman–Crippen LogP) is 3.10. The highest BCUT2D eigenvalue weighted by Gasteiger charge is 2.16. The molecule has 0 radical (unpaired) electrons. The molecule has 1 aromatic carbocycles. The first-order chi connectivity index (χ1) is 15.6. The molecule has 0 spiro atoms. The fourth-order valence-corrected chi connectivity index (χ4v) is 4.40. The minimum atomic E-state index is -3.97. The predicted molar refractivity (Wildman–Crippen MR) is 130 cm³/mol. The Balaban J connectivity index is 1.73. The second-order valence-electron chi connectivity index (χ2n) is 7.81. The van der Waals surface area contributed by atoms with Crippen molar-refractivity contribution in [1.82, 2.24) is 23.8 Å². The molecule has 0 bridgehead atoms. The number of rotatable bonds is 10. The van der Waals surface area contributed by atoms with Crippen LogP contribution in [-0.4, -0.2) is 47.9 Å². The highest BCUT2D eigenvalue weighted by Crippen LogP contribution is 2.27. The maximum absolute atomic E-state index is 12.3. The van der Waals surface area contributed by atoms with Crippen molar-refractivity contribution < 1.29 is 17.9 Å². The molecule has 178 valence electrons. The van der Waals surface area contributed by atoms with Crippen molar-refractivity contribution in [1.29, 1.82) is 0 Å². The van der Waals surface area contributed by atoms with Crippen molar-refractivity contribution in [3.63, 3.8) is 0 Å². The van der Waals surface area contributed by atoms with E-state index in [1.165, 1.54) is 6.08 Å². The number of halogens is 1. The molecule has 0 fully saturated rings. The molecule has 2 aromatic heterocycles. The van der Waals surface area contributed by atoms with Crippen LogP contribution in [0.5, 0.6) is 0 Å². The van der Waals surface area contributed by atoms with E-state index in [9.17, 15) is 13.2 Å². The lowest BCUT2D eigenvalue weighted by Crippen LogP contribution is -2.40. The van der Waals surface area contributed by atoms with E-state index in [1.54, 1.807) is 23.9 Å². The monoisotopic (exact) mass is 493 g/mol. The van der Waals surface area contributed by atoms with E-state index >= 15 is 0 Å². The van der Waals surface area contributed by atoms with Crippen LogP contribution in [-0.2, 0) is 26.8 Å². The molecule has 3 rings (SSSR count). The van der Waals surface area contributed by atoms with Crippen LogP contribution in [0.1, 0.15) is 31.5 Å². The first kappa shape index (κ1) is 25.0. The first-order valence-electron chi connectivity index (χ1n) is 10.5. The zero-order valence-corrected chi connectivity index (χ0v) is 20.6. The van der Waals surface area contributed by atoms with Crippen molar-refractivity contribution in [3.05, 3.63) is 52.8 Å². The summed E-state index contributed by atoms with van der Waals surface area (Å²) in [4.78, 5) is 12.3. The molecule has 0 aliphatic carbocycles. The Hall–Kier alpha value is -2.66. The third-order valence-corrected chi connectivity index (χ3v) is 6.11. The van der Waals surface area contributed by atoms with E-state index in [4.69, 9.17) is 16.3 Å². The lowest BCUT2D eigenvalue weighted by atomic mass is 10.2. The number of hydrogen-bond donors (Lipinski definition) is 2. The number of carbonyl (C=O) groups is 1. The maximum Gasteiger partial charge on any atom is 0.301 e. The molecule has 0 aliphatic rings. The largest absolute Gasteiger partial charge is 0.379 e. The Morgan fingerprint density at radius 3 is 2.79 bits per heavy atom. The van der Waals surface area contributed by atoms with Crippen LogP contribution in [0, 0.1) is 6.92 Å². The summed E-state index contributed by atoms with van der Waals surface area (Å²) < 4.78 is 37.5. The molecule has 1 amide bonds. The van der Waals surface area contributed by atoms with Gasteiger partial charge in [-0.15, -0.1) is 0 Å². The lowest BCUT2D eigenvalue weighted by Gasteiger charge is -2.09. The standard InChI is InChI=1S/C22H28ClN5O4S/c1-15(2)32-13-5-11-24-33(30,31)26-21(29)9-7-19-16(3)25-27(4)22(19)28-12-10-17-14-18(23)6-8-20(17)28/h6-10,12,14-15,24H,5,11,13H2,1-4H3,(H,26,29)/b9-7+. The molecular weight excluding hydrogens is 466 g/mol. The summed E-state index contributed by atoms with van der Waals surface area (Å²) in [5.74, 6) is -0.0284. The number of aryl methyl sites for hydroxylation is 2. The maximum atomic E-state index is 12.3. The number of benzene rings is 1. The Morgan fingerprint density at radius 1 is 1.30 bits per heavy atom. The van der Waals surface area contributed by atoms with Crippen molar-refractivity contribution >= 4 is 44.7 Å². The summed E-state index contributed by atoms with van der Waals surface area (Å²) in [6.07, 6.45) is 5.20. The van der Waals surface area contributed by atoms with E-state index in [1.807, 2.05) is 54.5 Å². The third kappa shape index (κ3) is 6.44. The number of carbonyl (C=O) groups excluding carboxylic acids is 1. The number of amides is 1. The van der Waals surface area contributed by atoms with Crippen LogP contribution in [0.2, 0.25) is 5.02 Å². The average molecular weight is 494 g/mol. The number of fused-ring (bicyclic) bond motifs is 1. The van der Waals surface area contributed by atoms with Crippen LogP contribution < -0.4 is 9.44 Å². The van der Waals surface area contributed by atoms with Gasteiger partial charge >= 0.3 is 10.2 Å². The molecule has 0 atom stereocenters. The van der Waals surface area contributed by atoms with E-state index in [0.717, 1.165) is 16.7 Å². The summed E-state index contributed by atoms with van der Waals surface area (Å²) in [6.45, 7) is 6.22. The van der Waals surface area contributed by atoms with Gasteiger partial charge in [0.05, 0.1) is 17.3 Å². The second-order valence-corrected chi connectivity index (χ2v) is 9.74. The zero-order chi connectivity index (χ0) is 24.2. The van der Waals surface area contributed by atoms with Crippen LogP contribution in [0.25, 0.3) is 22.8 Å². The molecule has 0 saturated heterocycles. The fraction of sp³-hybridized carbons (Fsp3) is 0.364. The van der Waals surface area contributed by atoms with Gasteiger partial charge in [-0.1, -0.05) is 11.6 Å². The smallest absolute Gasteiger partial charge is 0.301 e. The van der Waals surface area contributed by atoms with Crippen LogP contribution in [0.3, 0.4) is 0 Å². The molecule has 0 saturated carbocycles. The van der Waals surface area contributed by atoms with Crippen LogP contribution >= 0.6 is 11.6 Å². The van der Waals surface area contributed by atoms with Crippen molar-refractivity contribution in [2.24, 2.45) is 7.05 Å². The summed E-state index contributed by atoms with van der Waals surface area (Å²) in [6, 6.07) is 7.52. The molecular formula is C22H28ClN5O4S. The van der Waals surface area contributed by atoms with E-state index in [0.29, 0.717) is 29.3 Å². The summed E-state index contributed by atoms with van der Waals surface area (Å²) in [5.41, 5.74) is 2.31. The Bertz CT molecular complexity index is 1280. The normalized spacial score (nSPS) is 12.3. The van der Waals surface area contributed by atoms with Crippen molar-refractivity contribution in [2.75, 3.05) is 13.2 Å². The number of hydrogen-bond acceptors (Lipinski definition) is 5. The highest BCUT2D eigenvalue weighted by atomic mass is 35.5. The Morgan fingerprint density at radius 2 is 2.06 bits per heavy atom. The summed E-state index contributed by atoms with van der Waals surface area (Å²) in [5, 5.41) is 6.06. The van der Waals surface area contributed by atoms with Crippen LogP contribution in [0.15, 0.2) is 36.5 Å². The second kappa shape index (κ2) is 10.5. The molecule has 2 heterocycles. The molecule has 0 aliphatic heterocycles. The Labute approximate surface area is 198 Å². The average Bonchev–Trinajstić information content (AvgIpc) is 3.24. The van der Waals surface area contributed by atoms with Gasteiger partial charge in [-0.05, 0) is 57.5 Å². The van der Waals surface area contributed by atoms with Crippen LogP contribution in [0.4, 0.5) is 0 Å². The number of aromatic nitrogens is 3. The van der Waals surface area contributed by atoms with Gasteiger partial charge in [-0.2, -0.15) is 18.2 Å². The lowest BCUT2D eigenvalue weighted by molar-refractivity contribution is -0.114. The molecule has 11 heteroatoms. The van der Waals surface area contributed by atoms with Gasteiger partial charge in [-0.25, -0.2) is 4.72 Å². The first-order valence-corrected chi connectivity index (χ1v) is 12.3. The van der Waals surface area contributed by atoms with Gasteiger partial charge in [-0.3, -0.25) is 9.48 Å². The van der Waals surface area contributed by atoms with Crippen molar-refractivity contribution in [2.45, 2.75) is 33.3 Å². The minimum Gasteiger partial charge on any atom is -0.379 e.